The lowest BCUT2D eigenvalue weighted by molar-refractivity contribution is -0.384. The van der Waals surface area contributed by atoms with Gasteiger partial charge in [-0.1, -0.05) is 0 Å². The van der Waals surface area contributed by atoms with Crippen molar-refractivity contribution < 1.29 is 4.92 Å². The monoisotopic (exact) mass is 373 g/mol. The fraction of sp³-hybridized carbons (Fsp3) is 0.611. The van der Waals surface area contributed by atoms with Crippen molar-refractivity contribution >= 4 is 11.5 Å². The molecule has 0 radical (unpaired) electrons. The molecule has 0 amide bonds. The summed E-state index contributed by atoms with van der Waals surface area (Å²) in [5.41, 5.74) is 1.23. The molecule has 1 aliphatic rings. The van der Waals surface area contributed by atoms with Crippen LogP contribution >= 0.6 is 0 Å². The van der Waals surface area contributed by atoms with Gasteiger partial charge in [0.2, 0.25) is 11.6 Å². The van der Waals surface area contributed by atoms with Crippen molar-refractivity contribution in [3.63, 3.8) is 0 Å². The number of hydrogen-bond acceptors (Lipinski definition) is 7. The highest BCUT2D eigenvalue weighted by molar-refractivity contribution is 5.64. The molecule has 0 unspecified atom stereocenters. The number of aryl methyl sites for hydroxylation is 2. The third kappa shape index (κ3) is 4.08. The molecule has 146 valence electrons. The van der Waals surface area contributed by atoms with E-state index in [4.69, 9.17) is 0 Å². The number of hydrogen-bond donors (Lipinski definition) is 2. The molecular weight excluding hydrogens is 346 g/mol. The van der Waals surface area contributed by atoms with E-state index in [9.17, 15) is 10.1 Å². The number of nitrogens with one attached hydrogen (secondary N) is 2. The topological polar surface area (TPSA) is 111 Å². The average molecular weight is 373 g/mol. The molecule has 1 fully saturated rings. The zero-order chi connectivity index (χ0) is 20.0. The van der Waals surface area contributed by atoms with Gasteiger partial charge in [-0.25, -0.2) is 14.6 Å². The number of nitrogens with zero attached hydrogens (tertiary/aromatic N) is 5. The molecule has 1 aliphatic heterocycles. The molecule has 0 atom stereocenters. The van der Waals surface area contributed by atoms with Crippen LogP contribution in [0.15, 0.2) is 12.4 Å². The minimum Gasteiger partial charge on any atom is -0.361 e. The molecule has 1 saturated heterocycles. The summed E-state index contributed by atoms with van der Waals surface area (Å²) in [6.07, 6.45) is 3.00. The molecule has 27 heavy (non-hydrogen) atoms. The van der Waals surface area contributed by atoms with E-state index in [1.165, 1.54) is 11.0 Å². The van der Waals surface area contributed by atoms with Gasteiger partial charge in [-0.3, -0.25) is 10.1 Å². The smallest absolute Gasteiger partial charge is 0.355 e. The van der Waals surface area contributed by atoms with Crippen LogP contribution in [0, 0.1) is 24.0 Å². The Bertz CT molecular complexity index is 857. The lowest BCUT2D eigenvalue weighted by Crippen LogP contribution is -2.60. The molecule has 0 saturated carbocycles. The molecule has 3 rings (SSSR count). The first kappa shape index (κ1) is 19.2. The maximum Gasteiger partial charge on any atom is 0.355 e. The van der Waals surface area contributed by atoms with Crippen molar-refractivity contribution in [1.82, 2.24) is 25.1 Å². The number of piperidine rings is 1. The summed E-state index contributed by atoms with van der Waals surface area (Å²) in [7, 11) is 0. The predicted octanol–water partition coefficient (Wildman–Crippen LogP) is 2.91. The second-order valence-corrected chi connectivity index (χ2v) is 8.63. The Hall–Kier alpha value is -2.55. The van der Waals surface area contributed by atoms with E-state index in [1.807, 2.05) is 19.9 Å². The number of aromatic nitrogens is 4. The summed E-state index contributed by atoms with van der Waals surface area (Å²) in [5.74, 6) is 0.409. The van der Waals surface area contributed by atoms with Gasteiger partial charge in [0.05, 0.1) is 10.6 Å². The Morgan fingerprint density at radius 1 is 1.22 bits per heavy atom. The van der Waals surface area contributed by atoms with Crippen molar-refractivity contribution in [2.75, 3.05) is 5.32 Å². The zero-order valence-electron chi connectivity index (χ0n) is 16.7. The predicted molar refractivity (Wildman–Crippen MR) is 103 cm³/mol. The Kier molecular flexibility index (Phi) is 4.67. The van der Waals surface area contributed by atoms with Crippen molar-refractivity contribution in [2.45, 2.75) is 71.5 Å². The summed E-state index contributed by atoms with van der Waals surface area (Å²) in [5, 5.41) is 23.1. The molecule has 0 aromatic carbocycles. The highest BCUT2D eigenvalue weighted by atomic mass is 16.6. The van der Waals surface area contributed by atoms with Crippen LogP contribution in [0.2, 0.25) is 0 Å². The number of anilines is 1. The van der Waals surface area contributed by atoms with Gasteiger partial charge in [0.1, 0.15) is 6.33 Å². The normalized spacial score (nSPS) is 19.0. The van der Waals surface area contributed by atoms with Crippen LogP contribution in [-0.4, -0.2) is 41.8 Å². The lowest BCUT2D eigenvalue weighted by Gasteiger charge is -2.46. The zero-order valence-corrected chi connectivity index (χ0v) is 16.7. The van der Waals surface area contributed by atoms with Crippen molar-refractivity contribution in [3.8, 4) is 5.82 Å². The fourth-order valence-electron chi connectivity index (χ4n) is 4.26. The van der Waals surface area contributed by atoms with E-state index in [-0.39, 0.29) is 34.4 Å². The van der Waals surface area contributed by atoms with Crippen molar-refractivity contribution in [1.29, 1.82) is 0 Å². The minimum atomic E-state index is -0.439. The molecule has 2 N–H and O–H groups in total. The van der Waals surface area contributed by atoms with Crippen LogP contribution in [0.5, 0.6) is 0 Å². The molecule has 9 nitrogen and oxygen atoms in total. The van der Waals surface area contributed by atoms with Crippen molar-refractivity contribution in [2.24, 2.45) is 0 Å². The van der Waals surface area contributed by atoms with Gasteiger partial charge in [-0.15, -0.1) is 0 Å². The van der Waals surface area contributed by atoms with E-state index in [0.29, 0.717) is 0 Å². The number of rotatable bonds is 4. The lowest BCUT2D eigenvalue weighted by atomic mass is 9.79. The second kappa shape index (κ2) is 6.56. The van der Waals surface area contributed by atoms with Crippen LogP contribution in [0.4, 0.5) is 11.5 Å². The molecule has 0 spiro atoms. The molecule has 9 heteroatoms. The van der Waals surface area contributed by atoms with E-state index >= 15 is 0 Å². The Balaban J connectivity index is 2.00. The van der Waals surface area contributed by atoms with Gasteiger partial charge in [0, 0.05) is 22.8 Å². The number of nitro groups is 1. The first-order chi connectivity index (χ1) is 12.5. The van der Waals surface area contributed by atoms with Crippen molar-refractivity contribution in [3.05, 3.63) is 33.9 Å². The quantitative estimate of drug-likeness (QED) is 0.626. The van der Waals surface area contributed by atoms with E-state index in [2.05, 4.69) is 53.4 Å². The summed E-state index contributed by atoms with van der Waals surface area (Å²) >= 11 is 0. The summed E-state index contributed by atoms with van der Waals surface area (Å²) in [4.78, 5) is 19.8. The van der Waals surface area contributed by atoms with Gasteiger partial charge < -0.3 is 10.6 Å². The first-order valence-electron chi connectivity index (χ1n) is 9.06. The van der Waals surface area contributed by atoms with Crippen LogP contribution < -0.4 is 10.6 Å². The second-order valence-electron chi connectivity index (χ2n) is 8.63. The Morgan fingerprint density at radius 2 is 1.85 bits per heavy atom. The third-order valence-corrected chi connectivity index (χ3v) is 4.73. The molecule has 0 bridgehead atoms. The highest BCUT2D eigenvalue weighted by Crippen LogP contribution is 2.34. The molecule has 2 aromatic rings. The van der Waals surface area contributed by atoms with Gasteiger partial charge >= 0.3 is 5.69 Å². The highest BCUT2D eigenvalue weighted by Gasteiger charge is 2.39. The summed E-state index contributed by atoms with van der Waals surface area (Å²) in [6, 6.07) is 1.91. The van der Waals surface area contributed by atoms with E-state index in [0.717, 1.165) is 24.2 Å². The summed E-state index contributed by atoms with van der Waals surface area (Å²) in [6.45, 7) is 12.2. The molecular formula is C18H27N7O2. The minimum absolute atomic E-state index is 0.0538. The molecule has 3 heterocycles. The van der Waals surface area contributed by atoms with Gasteiger partial charge in [0.25, 0.3) is 0 Å². The fourth-order valence-corrected chi connectivity index (χ4v) is 4.26. The van der Waals surface area contributed by atoms with E-state index in [1.54, 1.807) is 0 Å². The summed E-state index contributed by atoms with van der Waals surface area (Å²) < 4.78 is 1.50. The maximum absolute atomic E-state index is 11.9. The van der Waals surface area contributed by atoms with Crippen LogP contribution in [0.1, 0.15) is 51.9 Å². The standard InChI is InChI=1S/C18H27N7O2/c1-11-7-12(2)24(22-11)16-14(25(26)27)15(19-10-20-16)21-13-8-17(3,4)23-18(5,6)9-13/h7,10,13,23H,8-9H2,1-6H3,(H,19,20,21). The van der Waals surface area contributed by atoms with E-state index < -0.39 is 4.92 Å². The molecule has 0 aliphatic carbocycles. The third-order valence-electron chi connectivity index (χ3n) is 4.73. The van der Waals surface area contributed by atoms with Gasteiger partial charge in [0.15, 0.2) is 0 Å². The largest absolute Gasteiger partial charge is 0.361 e. The van der Waals surface area contributed by atoms with Crippen LogP contribution in [-0.2, 0) is 0 Å². The SMILES string of the molecule is Cc1cc(C)n(-c2ncnc(NC3CC(C)(C)NC(C)(C)C3)c2[N+](=O)[O-])n1. The Labute approximate surface area is 158 Å². The van der Waals surface area contributed by atoms with Crippen LogP contribution in [0.3, 0.4) is 0 Å². The maximum atomic E-state index is 11.9. The first-order valence-corrected chi connectivity index (χ1v) is 9.06. The van der Waals surface area contributed by atoms with Gasteiger partial charge in [-0.2, -0.15) is 5.10 Å². The van der Waals surface area contributed by atoms with Gasteiger partial charge in [-0.05, 0) is 60.5 Å². The molecule has 2 aromatic heterocycles. The van der Waals surface area contributed by atoms with Crippen LogP contribution in [0.25, 0.3) is 5.82 Å². The Morgan fingerprint density at radius 3 is 2.37 bits per heavy atom. The average Bonchev–Trinajstić information content (AvgIpc) is 2.82.